The lowest BCUT2D eigenvalue weighted by Gasteiger charge is -2.24. The number of hydrogen-bond acceptors (Lipinski definition) is 3. The van der Waals surface area contributed by atoms with Gasteiger partial charge in [0.1, 0.15) is 0 Å². The van der Waals surface area contributed by atoms with Gasteiger partial charge in [0, 0.05) is 12.8 Å². The van der Waals surface area contributed by atoms with Crippen molar-refractivity contribution in [3.63, 3.8) is 0 Å². The van der Waals surface area contributed by atoms with Crippen LogP contribution >= 0.6 is 0 Å². The summed E-state index contributed by atoms with van der Waals surface area (Å²) in [6.07, 6.45) is 1.95. The fourth-order valence-corrected chi connectivity index (χ4v) is 2.13. The monoisotopic (exact) mass is 202 g/mol. The fourth-order valence-electron chi connectivity index (χ4n) is 2.13. The highest BCUT2D eigenvalue weighted by Crippen LogP contribution is 2.22. The Balaban J connectivity index is 1.86. The molecule has 0 radical (unpaired) electrons. The number of benzene rings is 1. The Bertz CT molecular complexity index is 395. The second-order valence-electron chi connectivity index (χ2n) is 4.01. The second kappa shape index (κ2) is 3.76. The molecule has 15 heavy (non-hydrogen) atoms. The predicted octanol–water partition coefficient (Wildman–Crippen LogP) is 1.28. The molecule has 2 aliphatic heterocycles. The topological polar surface area (TPSA) is 33.6 Å². The summed E-state index contributed by atoms with van der Waals surface area (Å²) in [5.41, 5.74) is 3.91. The van der Waals surface area contributed by atoms with E-state index >= 15 is 0 Å². The van der Waals surface area contributed by atoms with Gasteiger partial charge in [0.05, 0.1) is 25.8 Å². The van der Waals surface area contributed by atoms with Gasteiger partial charge in [0.2, 0.25) is 0 Å². The third-order valence-corrected chi connectivity index (χ3v) is 2.98. The van der Waals surface area contributed by atoms with Crippen LogP contribution in [0.2, 0.25) is 0 Å². The number of nitrogens with zero attached hydrogens (tertiary/aromatic N) is 1. The number of rotatable bonds is 1. The molecule has 0 bridgehead atoms. The summed E-state index contributed by atoms with van der Waals surface area (Å²) in [5, 5.41) is 3.46. The molecule has 0 saturated carbocycles. The van der Waals surface area contributed by atoms with Crippen LogP contribution in [0.5, 0.6) is 0 Å². The van der Waals surface area contributed by atoms with E-state index in [1.165, 1.54) is 16.7 Å². The molecule has 1 N–H and O–H groups in total. The van der Waals surface area contributed by atoms with E-state index in [9.17, 15) is 0 Å². The van der Waals surface area contributed by atoms with Crippen molar-refractivity contribution < 1.29 is 4.74 Å². The van der Waals surface area contributed by atoms with Crippen molar-refractivity contribution in [1.29, 1.82) is 0 Å². The lowest BCUT2D eigenvalue weighted by Crippen LogP contribution is -2.34. The van der Waals surface area contributed by atoms with Crippen molar-refractivity contribution in [2.75, 3.05) is 19.8 Å². The first kappa shape index (κ1) is 9.07. The van der Waals surface area contributed by atoms with E-state index in [1.807, 2.05) is 6.21 Å². The number of fused-ring (bicyclic) bond motifs is 1. The minimum absolute atomic E-state index is 0.352. The van der Waals surface area contributed by atoms with Gasteiger partial charge in [0.25, 0.3) is 0 Å². The summed E-state index contributed by atoms with van der Waals surface area (Å²) in [6, 6.07) is 6.92. The maximum atomic E-state index is 5.46. The predicted molar refractivity (Wildman–Crippen MR) is 59.3 cm³/mol. The van der Waals surface area contributed by atoms with Crippen LogP contribution in [0, 0.1) is 0 Å². The Morgan fingerprint density at radius 2 is 2.40 bits per heavy atom. The molecule has 0 aromatic heterocycles. The molecule has 0 spiro atoms. The largest absolute Gasteiger partial charge is 0.378 e. The van der Waals surface area contributed by atoms with Crippen LogP contribution in [0.4, 0.5) is 0 Å². The normalized spacial score (nSPS) is 24.1. The zero-order valence-corrected chi connectivity index (χ0v) is 8.57. The number of ether oxygens (including phenoxy) is 1. The van der Waals surface area contributed by atoms with Crippen molar-refractivity contribution >= 4 is 6.21 Å². The molecular weight excluding hydrogens is 188 g/mol. The lowest BCUT2D eigenvalue weighted by atomic mass is 10.0. The van der Waals surface area contributed by atoms with Crippen LogP contribution in [-0.4, -0.2) is 26.0 Å². The summed E-state index contributed by atoms with van der Waals surface area (Å²) < 4.78 is 5.46. The first-order chi connectivity index (χ1) is 7.43. The Labute approximate surface area is 89.2 Å². The summed E-state index contributed by atoms with van der Waals surface area (Å²) >= 11 is 0. The Hall–Kier alpha value is -1.19. The first-order valence-corrected chi connectivity index (χ1v) is 5.37. The maximum absolute atomic E-state index is 5.46. The molecule has 2 heterocycles. The highest BCUT2D eigenvalue weighted by molar-refractivity contribution is 5.84. The molecule has 1 aromatic carbocycles. The summed E-state index contributed by atoms with van der Waals surface area (Å²) in [6.45, 7) is 3.37. The molecule has 3 heteroatoms. The first-order valence-electron chi connectivity index (χ1n) is 5.37. The second-order valence-corrected chi connectivity index (χ2v) is 4.01. The van der Waals surface area contributed by atoms with E-state index < -0.39 is 0 Å². The van der Waals surface area contributed by atoms with E-state index in [0.717, 1.165) is 26.3 Å². The number of nitrogens with one attached hydrogen (secondary N) is 1. The molecule has 1 saturated heterocycles. The van der Waals surface area contributed by atoms with E-state index in [0.29, 0.717) is 6.04 Å². The molecule has 78 valence electrons. The van der Waals surface area contributed by atoms with Gasteiger partial charge in [-0.3, -0.25) is 4.99 Å². The van der Waals surface area contributed by atoms with Crippen molar-refractivity contribution in [1.82, 2.24) is 5.32 Å². The van der Waals surface area contributed by atoms with Gasteiger partial charge >= 0.3 is 0 Å². The molecule has 2 aliphatic rings. The van der Waals surface area contributed by atoms with E-state index in [1.54, 1.807) is 0 Å². The van der Waals surface area contributed by atoms with Crippen LogP contribution in [-0.2, 0) is 11.3 Å². The van der Waals surface area contributed by atoms with Gasteiger partial charge in [-0.1, -0.05) is 18.2 Å². The number of aliphatic imine (C=N–C) groups is 1. The summed E-state index contributed by atoms with van der Waals surface area (Å²) in [4.78, 5) is 4.26. The molecule has 1 aromatic rings. The lowest BCUT2D eigenvalue weighted by molar-refractivity contribution is 0.0768. The highest BCUT2D eigenvalue weighted by atomic mass is 16.5. The van der Waals surface area contributed by atoms with Crippen molar-refractivity contribution in [3.8, 4) is 0 Å². The van der Waals surface area contributed by atoms with E-state index in [2.05, 4.69) is 28.5 Å². The summed E-state index contributed by atoms with van der Waals surface area (Å²) in [7, 11) is 0. The van der Waals surface area contributed by atoms with Crippen LogP contribution < -0.4 is 5.32 Å². The van der Waals surface area contributed by atoms with Crippen molar-refractivity contribution in [3.05, 3.63) is 34.9 Å². The van der Waals surface area contributed by atoms with Crippen molar-refractivity contribution in [2.24, 2.45) is 4.99 Å². The van der Waals surface area contributed by atoms with Gasteiger partial charge in [-0.25, -0.2) is 0 Å². The third-order valence-electron chi connectivity index (χ3n) is 2.98. The van der Waals surface area contributed by atoms with Gasteiger partial charge in [0.15, 0.2) is 0 Å². The Morgan fingerprint density at radius 1 is 1.40 bits per heavy atom. The molecular formula is C12H14N2O. The quantitative estimate of drug-likeness (QED) is 0.744. The molecule has 3 rings (SSSR count). The maximum Gasteiger partial charge on any atom is 0.0662 e. The molecule has 0 amide bonds. The van der Waals surface area contributed by atoms with Crippen LogP contribution in [0.3, 0.4) is 0 Å². The van der Waals surface area contributed by atoms with Crippen LogP contribution in [0.15, 0.2) is 23.2 Å². The zero-order valence-electron chi connectivity index (χ0n) is 8.57. The van der Waals surface area contributed by atoms with Gasteiger partial charge in [-0.15, -0.1) is 0 Å². The SMILES string of the molecule is C1=NCc2cc(C3COCCN3)ccc21. The third kappa shape index (κ3) is 1.68. The van der Waals surface area contributed by atoms with Gasteiger partial charge in [-0.2, -0.15) is 0 Å². The van der Waals surface area contributed by atoms with E-state index in [4.69, 9.17) is 4.74 Å². The number of morpholine rings is 1. The van der Waals surface area contributed by atoms with Crippen molar-refractivity contribution in [2.45, 2.75) is 12.6 Å². The highest BCUT2D eigenvalue weighted by Gasteiger charge is 2.16. The Morgan fingerprint density at radius 3 is 3.27 bits per heavy atom. The average molecular weight is 202 g/mol. The molecule has 3 nitrogen and oxygen atoms in total. The van der Waals surface area contributed by atoms with Gasteiger partial charge in [-0.05, 0) is 16.7 Å². The Kier molecular flexibility index (Phi) is 2.27. The number of hydrogen-bond donors (Lipinski definition) is 1. The standard InChI is InChI=1S/C12H14N2O/c1-2-10-6-13-7-11(10)5-9(1)12-8-15-4-3-14-12/h1-2,5-6,12,14H,3-4,7-8H2. The molecule has 1 atom stereocenters. The van der Waals surface area contributed by atoms with Crippen LogP contribution in [0.25, 0.3) is 0 Å². The van der Waals surface area contributed by atoms with E-state index in [-0.39, 0.29) is 0 Å². The van der Waals surface area contributed by atoms with Gasteiger partial charge < -0.3 is 10.1 Å². The van der Waals surface area contributed by atoms with Crippen LogP contribution in [0.1, 0.15) is 22.7 Å². The fraction of sp³-hybridized carbons (Fsp3) is 0.417. The average Bonchev–Trinajstić information content (AvgIpc) is 2.77. The smallest absolute Gasteiger partial charge is 0.0662 e. The molecule has 1 unspecified atom stereocenters. The summed E-state index contributed by atoms with van der Waals surface area (Å²) in [5.74, 6) is 0. The minimum atomic E-state index is 0.352. The minimum Gasteiger partial charge on any atom is -0.378 e. The zero-order chi connectivity index (χ0) is 10.1. The molecule has 0 aliphatic carbocycles. The molecule has 1 fully saturated rings.